The molecule has 2 aromatic rings. The first-order valence-corrected chi connectivity index (χ1v) is 6.41. The number of hydrogen-bond donors (Lipinski definition) is 1. The Morgan fingerprint density at radius 1 is 1.26 bits per heavy atom. The van der Waals surface area contributed by atoms with Gasteiger partial charge in [-0.05, 0) is 25.0 Å². The van der Waals surface area contributed by atoms with Crippen molar-refractivity contribution in [2.75, 3.05) is 19.0 Å². The van der Waals surface area contributed by atoms with Gasteiger partial charge in [0.25, 0.3) is 0 Å². The highest BCUT2D eigenvalue weighted by Gasteiger charge is 2.07. The lowest BCUT2D eigenvalue weighted by molar-refractivity contribution is 0.202. The van der Waals surface area contributed by atoms with Crippen LogP contribution in [0.2, 0.25) is 5.15 Å². The van der Waals surface area contributed by atoms with E-state index in [9.17, 15) is 0 Å². The van der Waals surface area contributed by atoms with Crippen LogP contribution in [0.5, 0.6) is 0 Å². The van der Waals surface area contributed by atoms with E-state index in [1.807, 2.05) is 25.1 Å². The van der Waals surface area contributed by atoms with Crippen LogP contribution in [-0.4, -0.2) is 23.7 Å². The molecule has 0 saturated carbocycles. The predicted molar refractivity (Wildman–Crippen MR) is 77.1 cm³/mol. The Labute approximate surface area is 117 Å². The van der Waals surface area contributed by atoms with E-state index in [0.29, 0.717) is 11.8 Å². The van der Waals surface area contributed by atoms with Crippen LogP contribution < -0.4 is 5.32 Å². The van der Waals surface area contributed by atoms with Crippen molar-refractivity contribution in [1.82, 2.24) is 9.97 Å². The summed E-state index contributed by atoms with van der Waals surface area (Å²) in [5.41, 5.74) is 3.03. The van der Waals surface area contributed by atoms with Gasteiger partial charge in [-0.2, -0.15) is 0 Å². The summed E-state index contributed by atoms with van der Waals surface area (Å²) in [5.74, 6) is 0.727. The molecule has 1 N–H and O–H groups in total. The van der Waals surface area contributed by atoms with Crippen LogP contribution in [-0.2, 0) is 11.2 Å². The molecular formula is C14H16ClN3O. The molecule has 100 valence electrons. The molecule has 0 aliphatic heterocycles. The maximum absolute atomic E-state index is 5.99. The Balaban J connectivity index is 2.25. The molecule has 1 aromatic carbocycles. The molecule has 0 aliphatic rings. The minimum atomic E-state index is 0.465. The number of para-hydroxylation sites is 1. The third-order valence-electron chi connectivity index (χ3n) is 2.87. The highest BCUT2D eigenvalue weighted by atomic mass is 35.5. The Hall–Kier alpha value is -1.65. The van der Waals surface area contributed by atoms with Crippen LogP contribution in [0.1, 0.15) is 11.1 Å². The second-order valence-electron chi connectivity index (χ2n) is 4.16. The average molecular weight is 278 g/mol. The molecule has 0 aliphatic carbocycles. The second-order valence-corrected chi connectivity index (χ2v) is 4.52. The van der Waals surface area contributed by atoms with Crippen molar-refractivity contribution in [2.24, 2.45) is 0 Å². The number of nitrogens with zero attached hydrogens (tertiary/aromatic N) is 2. The lowest BCUT2D eigenvalue weighted by Gasteiger charge is -2.13. The summed E-state index contributed by atoms with van der Waals surface area (Å²) >= 11 is 5.99. The van der Waals surface area contributed by atoms with Gasteiger partial charge in [-0.3, -0.25) is 0 Å². The van der Waals surface area contributed by atoms with Gasteiger partial charge in [0.2, 0.25) is 0 Å². The molecule has 0 atom stereocenters. The fourth-order valence-electron chi connectivity index (χ4n) is 1.75. The van der Waals surface area contributed by atoms with Gasteiger partial charge < -0.3 is 10.1 Å². The SMILES string of the molecule is COCCc1ccccc1Nc1ncnc(Cl)c1C. The first-order chi connectivity index (χ1) is 9.22. The van der Waals surface area contributed by atoms with E-state index in [0.717, 1.165) is 23.5 Å². The van der Waals surface area contributed by atoms with Crippen molar-refractivity contribution in [3.8, 4) is 0 Å². The summed E-state index contributed by atoms with van der Waals surface area (Å²) in [6.45, 7) is 2.57. The highest BCUT2D eigenvalue weighted by molar-refractivity contribution is 6.30. The lowest BCUT2D eigenvalue weighted by atomic mass is 10.1. The lowest BCUT2D eigenvalue weighted by Crippen LogP contribution is -2.03. The van der Waals surface area contributed by atoms with Gasteiger partial charge >= 0.3 is 0 Å². The van der Waals surface area contributed by atoms with Gasteiger partial charge in [0.05, 0.1) is 6.61 Å². The van der Waals surface area contributed by atoms with Gasteiger partial charge in [-0.1, -0.05) is 29.8 Å². The number of nitrogens with one attached hydrogen (secondary N) is 1. The summed E-state index contributed by atoms with van der Waals surface area (Å²) in [4.78, 5) is 8.17. The number of aromatic nitrogens is 2. The number of halogens is 1. The quantitative estimate of drug-likeness (QED) is 0.851. The number of ether oxygens (including phenoxy) is 1. The second kappa shape index (κ2) is 6.50. The standard InChI is InChI=1S/C14H16ClN3O/c1-10-13(15)16-9-17-14(10)18-12-6-4-3-5-11(12)7-8-19-2/h3-6,9H,7-8H2,1-2H3,(H,16,17,18). The van der Waals surface area contributed by atoms with Gasteiger partial charge in [0, 0.05) is 18.4 Å². The number of methoxy groups -OCH3 is 1. The van der Waals surface area contributed by atoms with Gasteiger partial charge in [-0.25, -0.2) is 9.97 Å². The molecule has 5 heteroatoms. The molecule has 0 amide bonds. The van der Waals surface area contributed by atoms with Crippen LogP contribution in [0.15, 0.2) is 30.6 Å². The highest BCUT2D eigenvalue weighted by Crippen LogP contribution is 2.24. The normalized spacial score (nSPS) is 10.5. The number of anilines is 2. The number of rotatable bonds is 5. The molecule has 2 rings (SSSR count). The third-order valence-corrected chi connectivity index (χ3v) is 3.25. The van der Waals surface area contributed by atoms with Crippen molar-refractivity contribution in [3.63, 3.8) is 0 Å². The third kappa shape index (κ3) is 3.43. The van der Waals surface area contributed by atoms with E-state index >= 15 is 0 Å². The molecule has 0 saturated heterocycles. The van der Waals surface area contributed by atoms with E-state index in [1.165, 1.54) is 11.9 Å². The first kappa shape index (κ1) is 13.8. The van der Waals surface area contributed by atoms with E-state index in [2.05, 4.69) is 21.4 Å². The van der Waals surface area contributed by atoms with E-state index < -0.39 is 0 Å². The molecule has 4 nitrogen and oxygen atoms in total. The van der Waals surface area contributed by atoms with Crippen molar-refractivity contribution in [1.29, 1.82) is 0 Å². The summed E-state index contributed by atoms with van der Waals surface area (Å²) in [6.07, 6.45) is 2.30. The molecule has 19 heavy (non-hydrogen) atoms. The largest absolute Gasteiger partial charge is 0.384 e. The average Bonchev–Trinajstić information content (AvgIpc) is 2.43. The topological polar surface area (TPSA) is 47.0 Å². The van der Waals surface area contributed by atoms with Crippen LogP contribution in [0, 0.1) is 6.92 Å². The maximum atomic E-state index is 5.99. The Kier molecular flexibility index (Phi) is 4.71. The Bertz CT molecular complexity index is 560. The van der Waals surface area contributed by atoms with Crippen molar-refractivity contribution in [3.05, 3.63) is 46.9 Å². The van der Waals surface area contributed by atoms with Crippen molar-refractivity contribution >= 4 is 23.1 Å². The monoisotopic (exact) mass is 277 g/mol. The van der Waals surface area contributed by atoms with Crippen LogP contribution in [0.25, 0.3) is 0 Å². The van der Waals surface area contributed by atoms with Crippen molar-refractivity contribution in [2.45, 2.75) is 13.3 Å². The minimum Gasteiger partial charge on any atom is -0.384 e. The van der Waals surface area contributed by atoms with Crippen LogP contribution in [0.3, 0.4) is 0 Å². The Morgan fingerprint density at radius 3 is 2.84 bits per heavy atom. The van der Waals surface area contributed by atoms with Crippen LogP contribution in [0.4, 0.5) is 11.5 Å². The van der Waals surface area contributed by atoms with E-state index in [1.54, 1.807) is 7.11 Å². The molecule has 0 radical (unpaired) electrons. The fourth-order valence-corrected chi connectivity index (χ4v) is 1.89. The molecule has 0 unspecified atom stereocenters. The van der Waals surface area contributed by atoms with E-state index in [4.69, 9.17) is 16.3 Å². The Morgan fingerprint density at radius 2 is 2.05 bits per heavy atom. The number of hydrogen-bond acceptors (Lipinski definition) is 4. The van der Waals surface area contributed by atoms with Gasteiger partial charge in [-0.15, -0.1) is 0 Å². The summed E-state index contributed by atoms with van der Waals surface area (Å²) in [5, 5.41) is 3.76. The zero-order chi connectivity index (χ0) is 13.7. The molecule has 1 heterocycles. The molecular weight excluding hydrogens is 262 g/mol. The first-order valence-electron chi connectivity index (χ1n) is 6.03. The minimum absolute atomic E-state index is 0.465. The van der Waals surface area contributed by atoms with Crippen molar-refractivity contribution < 1.29 is 4.74 Å². The maximum Gasteiger partial charge on any atom is 0.138 e. The fraction of sp³-hybridized carbons (Fsp3) is 0.286. The van der Waals surface area contributed by atoms with Crippen LogP contribution >= 0.6 is 11.6 Å². The summed E-state index contributed by atoms with van der Waals surface area (Å²) < 4.78 is 5.12. The summed E-state index contributed by atoms with van der Waals surface area (Å²) in [6, 6.07) is 8.08. The van der Waals surface area contributed by atoms with E-state index in [-0.39, 0.29) is 0 Å². The smallest absolute Gasteiger partial charge is 0.138 e. The number of benzene rings is 1. The zero-order valence-electron chi connectivity index (χ0n) is 11.0. The summed E-state index contributed by atoms with van der Waals surface area (Å²) in [7, 11) is 1.70. The molecule has 0 spiro atoms. The molecule has 0 fully saturated rings. The van der Waals surface area contributed by atoms with Gasteiger partial charge in [0.1, 0.15) is 17.3 Å². The molecule has 1 aromatic heterocycles. The van der Waals surface area contributed by atoms with Gasteiger partial charge in [0.15, 0.2) is 0 Å². The predicted octanol–water partition coefficient (Wildman–Crippen LogP) is 3.37. The zero-order valence-corrected chi connectivity index (χ0v) is 11.7. The molecule has 0 bridgehead atoms.